The van der Waals surface area contributed by atoms with E-state index in [0.29, 0.717) is 23.8 Å². The van der Waals surface area contributed by atoms with Gasteiger partial charge in [0.05, 0.1) is 23.9 Å². The molecule has 0 saturated heterocycles. The van der Waals surface area contributed by atoms with Gasteiger partial charge in [-0.3, -0.25) is 4.79 Å². The highest BCUT2D eigenvalue weighted by Crippen LogP contribution is 2.20. The van der Waals surface area contributed by atoms with Crippen molar-refractivity contribution in [3.05, 3.63) is 16.1 Å². The molecule has 1 amide bonds. The molecule has 1 aromatic rings. The molecule has 2 N–H and O–H groups in total. The molecule has 0 radical (unpaired) electrons. The van der Waals surface area contributed by atoms with Crippen LogP contribution in [0.3, 0.4) is 0 Å². The van der Waals surface area contributed by atoms with E-state index < -0.39 is 6.10 Å². The monoisotopic (exact) mass is 272 g/mol. The molecule has 0 aliphatic heterocycles. The number of aliphatic hydroxyl groups excluding tert-OH is 1. The number of carbonyl (C=O) groups excluding carboxylic acids is 1. The van der Waals surface area contributed by atoms with Crippen molar-refractivity contribution < 1.29 is 14.6 Å². The number of aliphatic hydroxyl groups is 1. The number of amides is 1. The first-order chi connectivity index (χ1) is 8.54. The Kier molecular flexibility index (Phi) is 6.24. The molecule has 0 aliphatic carbocycles. The molecule has 0 bridgehead atoms. The fourth-order valence-electron chi connectivity index (χ4n) is 1.37. The molecule has 5 nitrogen and oxygen atoms in total. The minimum absolute atomic E-state index is 0.135. The number of methoxy groups -OCH3 is 1. The topological polar surface area (TPSA) is 71.5 Å². The van der Waals surface area contributed by atoms with Gasteiger partial charge in [0, 0.05) is 19.6 Å². The zero-order valence-electron chi connectivity index (χ0n) is 11.0. The zero-order chi connectivity index (χ0) is 13.5. The summed E-state index contributed by atoms with van der Waals surface area (Å²) in [5.74, 6) is 0.198. The van der Waals surface area contributed by atoms with E-state index in [2.05, 4.69) is 10.3 Å². The van der Waals surface area contributed by atoms with E-state index >= 15 is 0 Å². The van der Waals surface area contributed by atoms with Crippen LogP contribution < -0.4 is 5.32 Å². The molecule has 6 heteroatoms. The van der Waals surface area contributed by atoms with Crippen molar-refractivity contribution in [1.29, 1.82) is 0 Å². The van der Waals surface area contributed by atoms with Crippen molar-refractivity contribution in [2.75, 3.05) is 20.3 Å². The van der Waals surface area contributed by atoms with E-state index in [0.717, 1.165) is 5.01 Å². The van der Waals surface area contributed by atoms with Crippen LogP contribution in [0.15, 0.2) is 6.20 Å². The first-order valence-electron chi connectivity index (χ1n) is 5.95. The van der Waals surface area contributed by atoms with Crippen LogP contribution in [-0.2, 0) is 4.74 Å². The fourth-order valence-corrected chi connectivity index (χ4v) is 2.21. The van der Waals surface area contributed by atoms with E-state index in [4.69, 9.17) is 4.74 Å². The minimum atomic E-state index is -0.539. The van der Waals surface area contributed by atoms with Crippen molar-refractivity contribution in [2.45, 2.75) is 32.3 Å². The van der Waals surface area contributed by atoms with Crippen LogP contribution in [0.25, 0.3) is 0 Å². The van der Waals surface area contributed by atoms with Gasteiger partial charge in [0.1, 0.15) is 4.88 Å². The number of hydrogen-bond acceptors (Lipinski definition) is 5. The normalized spacial score (nSPS) is 12.7. The average molecular weight is 272 g/mol. The quantitative estimate of drug-likeness (QED) is 0.787. The molecule has 0 fully saturated rings. The third-order valence-electron chi connectivity index (χ3n) is 2.36. The summed E-state index contributed by atoms with van der Waals surface area (Å²) < 4.78 is 4.80. The lowest BCUT2D eigenvalue weighted by molar-refractivity contribution is 0.0588. The maximum atomic E-state index is 11.8. The Balaban J connectivity index is 2.36. The van der Waals surface area contributed by atoms with Crippen LogP contribution in [0.1, 0.15) is 40.9 Å². The standard InChI is InChI=1S/C12H20N2O3S/c1-8(2)12-14-6-10(18-12)11(16)13-5-4-9(15)7-17-3/h6,8-9,15H,4-5,7H2,1-3H3,(H,13,16). The Hall–Kier alpha value is -0.980. The highest BCUT2D eigenvalue weighted by molar-refractivity contribution is 7.13. The van der Waals surface area contributed by atoms with Crippen molar-refractivity contribution in [1.82, 2.24) is 10.3 Å². The third kappa shape index (κ3) is 4.72. The number of carbonyl (C=O) groups is 1. The summed E-state index contributed by atoms with van der Waals surface area (Å²) in [5.41, 5.74) is 0. The molecule has 102 valence electrons. The van der Waals surface area contributed by atoms with Gasteiger partial charge in [-0.2, -0.15) is 0 Å². The number of ether oxygens (including phenoxy) is 1. The Labute approximate surface area is 111 Å². The molecule has 0 spiro atoms. The molecule has 1 atom stereocenters. The van der Waals surface area contributed by atoms with Crippen molar-refractivity contribution in [3.8, 4) is 0 Å². The molecule has 1 unspecified atom stereocenters. The first-order valence-corrected chi connectivity index (χ1v) is 6.77. The van der Waals surface area contributed by atoms with Gasteiger partial charge in [-0.1, -0.05) is 13.8 Å². The second kappa shape index (κ2) is 7.45. The van der Waals surface area contributed by atoms with Crippen molar-refractivity contribution in [3.63, 3.8) is 0 Å². The number of hydrogen-bond donors (Lipinski definition) is 2. The van der Waals surface area contributed by atoms with Gasteiger partial charge in [-0.05, 0) is 6.42 Å². The lowest BCUT2D eigenvalue weighted by Gasteiger charge is -2.09. The van der Waals surface area contributed by atoms with Crippen LogP contribution in [0.5, 0.6) is 0 Å². The zero-order valence-corrected chi connectivity index (χ0v) is 11.8. The highest BCUT2D eigenvalue weighted by atomic mass is 32.1. The van der Waals surface area contributed by atoms with Gasteiger partial charge in [0.2, 0.25) is 0 Å². The molecule has 18 heavy (non-hydrogen) atoms. The summed E-state index contributed by atoms with van der Waals surface area (Å²) in [4.78, 5) is 16.6. The van der Waals surface area contributed by atoms with E-state index in [9.17, 15) is 9.90 Å². The van der Waals surface area contributed by atoms with Gasteiger partial charge < -0.3 is 15.2 Å². The van der Waals surface area contributed by atoms with Gasteiger partial charge >= 0.3 is 0 Å². The van der Waals surface area contributed by atoms with E-state index in [1.807, 2.05) is 13.8 Å². The van der Waals surface area contributed by atoms with E-state index in [1.165, 1.54) is 18.4 Å². The summed E-state index contributed by atoms with van der Waals surface area (Å²) in [6.07, 6.45) is 1.54. The van der Waals surface area contributed by atoms with Gasteiger partial charge in [-0.25, -0.2) is 4.98 Å². The van der Waals surface area contributed by atoms with Gasteiger partial charge in [0.25, 0.3) is 5.91 Å². The predicted molar refractivity (Wildman–Crippen MR) is 71.0 cm³/mol. The SMILES string of the molecule is COCC(O)CCNC(=O)c1cnc(C(C)C)s1. The lowest BCUT2D eigenvalue weighted by atomic mass is 10.2. The molecule has 1 rings (SSSR count). The Morgan fingerprint density at radius 2 is 2.33 bits per heavy atom. The minimum Gasteiger partial charge on any atom is -0.391 e. The van der Waals surface area contributed by atoms with E-state index in [1.54, 1.807) is 6.20 Å². The van der Waals surface area contributed by atoms with Crippen LogP contribution in [0.2, 0.25) is 0 Å². The average Bonchev–Trinajstić information content (AvgIpc) is 2.78. The Morgan fingerprint density at radius 3 is 2.89 bits per heavy atom. The van der Waals surface area contributed by atoms with Crippen LogP contribution in [0.4, 0.5) is 0 Å². The Bertz CT molecular complexity index is 379. The maximum absolute atomic E-state index is 11.8. The van der Waals surface area contributed by atoms with Crippen molar-refractivity contribution in [2.24, 2.45) is 0 Å². The second-order valence-corrected chi connectivity index (χ2v) is 5.43. The molecule has 0 aliphatic rings. The summed E-state index contributed by atoms with van der Waals surface area (Å²) in [5, 5.41) is 13.1. The number of rotatable bonds is 7. The highest BCUT2D eigenvalue weighted by Gasteiger charge is 2.12. The first kappa shape index (κ1) is 15.1. The number of nitrogens with zero attached hydrogens (tertiary/aromatic N) is 1. The van der Waals surface area contributed by atoms with Crippen LogP contribution in [0, 0.1) is 0 Å². The lowest BCUT2D eigenvalue weighted by Crippen LogP contribution is -2.27. The molecule has 0 saturated carbocycles. The Morgan fingerprint density at radius 1 is 1.61 bits per heavy atom. The molecule has 0 aromatic carbocycles. The molecular formula is C12H20N2O3S. The van der Waals surface area contributed by atoms with Crippen LogP contribution >= 0.6 is 11.3 Å². The second-order valence-electron chi connectivity index (χ2n) is 4.37. The largest absolute Gasteiger partial charge is 0.391 e. The molecule has 1 aromatic heterocycles. The molecule has 1 heterocycles. The van der Waals surface area contributed by atoms with Gasteiger partial charge in [-0.15, -0.1) is 11.3 Å². The summed E-state index contributed by atoms with van der Waals surface area (Å²) >= 11 is 1.41. The molecular weight excluding hydrogens is 252 g/mol. The maximum Gasteiger partial charge on any atom is 0.263 e. The van der Waals surface area contributed by atoms with Crippen molar-refractivity contribution >= 4 is 17.2 Å². The number of thiazole rings is 1. The van der Waals surface area contributed by atoms with Gasteiger partial charge in [0.15, 0.2) is 0 Å². The summed E-state index contributed by atoms with van der Waals surface area (Å²) in [6.45, 7) is 4.80. The smallest absolute Gasteiger partial charge is 0.263 e. The summed E-state index contributed by atoms with van der Waals surface area (Å²) in [6, 6.07) is 0. The predicted octanol–water partition coefficient (Wildman–Crippen LogP) is 1.39. The third-order valence-corrected chi connectivity index (χ3v) is 3.66. The number of aromatic nitrogens is 1. The van der Waals surface area contributed by atoms with E-state index in [-0.39, 0.29) is 12.5 Å². The summed E-state index contributed by atoms with van der Waals surface area (Å²) in [7, 11) is 1.53. The fraction of sp³-hybridized carbons (Fsp3) is 0.667. The van der Waals surface area contributed by atoms with Crippen LogP contribution in [-0.4, -0.2) is 42.4 Å². The number of nitrogens with one attached hydrogen (secondary N) is 1.